The van der Waals surface area contributed by atoms with Gasteiger partial charge in [0.05, 0.1) is 0 Å². The van der Waals surface area contributed by atoms with Gasteiger partial charge in [-0.25, -0.2) is 0 Å². The minimum atomic E-state index is 1.06. The highest BCUT2D eigenvalue weighted by Gasteiger charge is 1.70. The maximum absolute atomic E-state index is 2.21. The summed E-state index contributed by atoms with van der Waals surface area (Å²) in [5.74, 6) is 0. The Morgan fingerprint density at radius 2 is 1.58 bits per heavy atom. The average molecular weight is 164 g/mol. The fourth-order valence-corrected chi connectivity index (χ4v) is 0.840. The second-order valence-corrected chi connectivity index (χ2v) is 2.76. The summed E-state index contributed by atoms with van der Waals surface area (Å²) in [4.78, 5) is 0. The van der Waals surface area contributed by atoms with Crippen LogP contribution in [0.25, 0.3) is 0 Å². The molecule has 0 aliphatic carbocycles. The van der Waals surface area contributed by atoms with E-state index in [1.165, 1.54) is 12.8 Å². The van der Waals surface area contributed by atoms with Gasteiger partial charge in [0.1, 0.15) is 0 Å². The van der Waals surface area contributed by atoms with Gasteiger partial charge in [0.25, 0.3) is 0 Å². The molecule has 0 bridgehead atoms. The Hall–Kier alpha value is -0.780. The van der Waals surface area contributed by atoms with E-state index in [9.17, 15) is 0 Å². The highest BCUT2D eigenvalue weighted by Crippen LogP contribution is 1.91. The van der Waals surface area contributed by atoms with Crippen LogP contribution in [0.3, 0.4) is 0 Å². The lowest BCUT2D eigenvalue weighted by Crippen LogP contribution is -1.60. The number of allylic oxidation sites excluding steroid dienone is 6. The predicted octanol–water partition coefficient (Wildman–Crippen LogP) is 4.26. The largest absolute Gasteiger partial charge is 0.0885 e. The second kappa shape index (κ2) is 10.2. The third-order valence-electron chi connectivity index (χ3n) is 1.51. The summed E-state index contributed by atoms with van der Waals surface area (Å²) in [6, 6.07) is 0. The molecule has 0 aliphatic heterocycles. The molecule has 68 valence electrons. The highest BCUT2D eigenvalue weighted by molar-refractivity contribution is 5.04. The van der Waals surface area contributed by atoms with Crippen molar-refractivity contribution >= 4 is 0 Å². The van der Waals surface area contributed by atoms with Crippen LogP contribution in [0.2, 0.25) is 0 Å². The molecular weight excluding hydrogens is 144 g/mol. The van der Waals surface area contributed by atoms with Crippen molar-refractivity contribution < 1.29 is 0 Å². The molecule has 0 aromatic rings. The van der Waals surface area contributed by atoms with Crippen molar-refractivity contribution in [3.63, 3.8) is 0 Å². The molecule has 0 rings (SSSR count). The first-order valence-electron chi connectivity index (χ1n) is 4.88. The normalized spacial score (nSPS) is 12.5. The van der Waals surface area contributed by atoms with Crippen LogP contribution >= 0.6 is 0 Å². The van der Waals surface area contributed by atoms with E-state index in [0.717, 1.165) is 12.8 Å². The molecular formula is C12H20. The predicted molar refractivity (Wildman–Crippen MR) is 57.2 cm³/mol. The van der Waals surface area contributed by atoms with Crippen molar-refractivity contribution in [1.29, 1.82) is 0 Å². The van der Waals surface area contributed by atoms with Gasteiger partial charge in [-0.05, 0) is 19.3 Å². The zero-order valence-corrected chi connectivity index (χ0v) is 8.29. The quantitative estimate of drug-likeness (QED) is 0.406. The first-order chi connectivity index (χ1) is 5.91. The summed E-state index contributed by atoms with van der Waals surface area (Å²) < 4.78 is 0. The van der Waals surface area contributed by atoms with Crippen LogP contribution in [0.1, 0.15) is 39.5 Å². The van der Waals surface area contributed by atoms with Crippen molar-refractivity contribution in [1.82, 2.24) is 0 Å². The molecule has 0 aromatic carbocycles. The fraction of sp³-hybridized carbons (Fsp3) is 0.500. The van der Waals surface area contributed by atoms with Crippen molar-refractivity contribution in [2.75, 3.05) is 0 Å². The number of unbranched alkanes of at least 4 members (excludes halogenated alkanes) is 1. The molecule has 0 heterocycles. The lowest BCUT2D eigenvalue weighted by Gasteiger charge is -1.81. The Morgan fingerprint density at radius 1 is 0.833 bits per heavy atom. The van der Waals surface area contributed by atoms with Gasteiger partial charge in [-0.3, -0.25) is 0 Å². The van der Waals surface area contributed by atoms with E-state index in [1.807, 2.05) is 0 Å². The SMILES string of the molecule is CCC=CCC=CC=CCCC. The van der Waals surface area contributed by atoms with Gasteiger partial charge in [0, 0.05) is 0 Å². The molecule has 0 fully saturated rings. The molecule has 12 heavy (non-hydrogen) atoms. The van der Waals surface area contributed by atoms with E-state index in [-0.39, 0.29) is 0 Å². The van der Waals surface area contributed by atoms with Crippen molar-refractivity contribution in [3.8, 4) is 0 Å². The van der Waals surface area contributed by atoms with Crippen molar-refractivity contribution in [3.05, 3.63) is 36.5 Å². The third-order valence-corrected chi connectivity index (χ3v) is 1.51. The Bertz CT molecular complexity index is 149. The Morgan fingerprint density at radius 3 is 2.25 bits per heavy atom. The van der Waals surface area contributed by atoms with Gasteiger partial charge in [-0.1, -0.05) is 56.7 Å². The summed E-state index contributed by atoms with van der Waals surface area (Å²) in [6.07, 6.45) is 17.7. The van der Waals surface area contributed by atoms with Crippen LogP contribution in [0, 0.1) is 0 Å². The first-order valence-corrected chi connectivity index (χ1v) is 4.88. The molecule has 0 N–H and O–H groups in total. The van der Waals surface area contributed by atoms with E-state index in [0.29, 0.717) is 0 Å². The average Bonchev–Trinajstić information content (AvgIpc) is 2.10. The van der Waals surface area contributed by atoms with Crippen LogP contribution in [-0.4, -0.2) is 0 Å². The monoisotopic (exact) mass is 164 g/mol. The minimum Gasteiger partial charge on any atom is -0.0885 e. The summed E-state index contributed by atoms with van der Waals surface area (Å²) in [6.45, 7) is 4.35. The highest BCUT2D eigenvalue weighted by atomic mass is 13.8. The smallest absolute Gasteiger partial charge is 0.0166 e. The number of hydrogen-bond acceptors (Lipinski definition) is 0. The molecule has 0 heteroatoms. The molecule has 0 unspecified atom stereocenters. The van der Waals surface area contributed by atoms with E-state index in [4.69, 9.17) is 0 Å². The molecule has 0 atom stereocenters. The van der Waals surface area contributed by atoms with E-state index in [2.05, 4.69) is 50.3 Å². The third kappa shape index (κ3) is 9.22. The lowest BCUT2D eigenvalue weighted by atomic mass is 10.3. The van der Waals surface area contributed by atoms with Crippen LogP contribution in [-0.2, 0) is 0 Å². The maximum Gasteiger partial charge on any atom is -0.0166 e. The topological polar surface area (TPSA) is 0 Å². The second-order valence-electron chi connectivity index (χ2n) is 2.76. The molecule has 0 radical (unpaired) electrons. The number of rotatable bonds is 6. The van der Waals surface area contributed by atoms with E-state index >= 15 is 0 Å². The fourth-order valence-electron chi connectivity index (χ4n) is 0.840. The Labute approximate surface area is 76.7 Å². The minimum absolute atomic E-state index is 1.06. The van der Waals surface area contributed by atoms with Crippen LogP contribution in [0.4, 0.5) is 0 Å². The molecule has 0 aliphatic rings. The van der Waals surface area contributed by atoms with Gasteiger partial charge in [-0.2, -0.15) is 0 Å². The zero-order chi connectivity index (χ0) is 9.07. The van der Waals surface area contributed by atoms with Gasteiger partial charge in [0.15, 0.2) is 0 Å². The van der Waals surface area contributed by atoms with Crippen LogP contribution < -0.4 is 0 Å². The summed E-state index contributed by atoms with van der Waals surface area (Å²) in [5.41, 5.74) is 0. The molecule has 0 saturated heterocycles. The van der Waals surface area contributed by atoms with Crippen LogP contribution in [0.15, 0.2) is 36.5 Å². The summed E-state index contributed by atoms with van der Waals surface area (Å²) in [7, 11) is 0. The Balaban J connectivity index is 3.30. The lowest BCUT2D eigenvalue weighted by molar-refractivity contribution is 0.959. The van der Waals surface area contributed by atoms with Crippen LogP contribution in [0.5, 0.6) is 0 Å². The van der Waals surface area contributed by atoms with Gasteiger partial charge in [0.2, 0.25) is 0 Å². The zero-order valence-electron chi connectivity index (χ0n) is 8.29. The maximum atomic E-state index is 2.21. The van der Waals surface area contributed by atoms with Gasteiger partial charge >= 0.3 is 0 Å². The first kappa shape index (κ1) is 11.2. The standard InChI is InChI=1S/C12H20/c1-3-5-7-9-11-12-10-8-6-4-2/h5,7-8,10-12H,3-4,6,9H2,1-2H3. The summed E-state index contributed by atoms with van der Waals surface area (Å²) >= 11 is 0. The molecule has 0 amide bonds. The van der Waals surface area contributed by atoms with Gasteiger partial charge < -0.3 is 0 Å². The molecule has 0 nitrogen and oxygen atoms in total. The molecule has 0 aromatic heterocycles. The van der Waals surface area contributed by atoms with E-state index in [1.54, 1.807) is 0 Å². The van der Waals surface area contributed by atoms with Crippen molar-refractivity contribution in [2.45, 2.75) is 39.5 Å². The van der Waals surface area contributed by atoms with Crippen molar-refractivity contribution in [2.24, 2.45) is 0 Å². The molecule has 0 spiro atoms. The Kier molecular flexibility index (Phi) is 9.56. The van der Waals surface area contributed by atoms with Gasteiger partial charge in [-0.15, -0.1) is 0 Å². The summed E-state index contributed by atoms with van der Waals surface area (Å²) in [5, 5.41) is 0. The number of hydrogen-bond donors (Lipinski definition) is 0. The van der Waals surface area contributed by atoms with E-state index < -0.39 is 0 Å². The molecule has 0 saturated carbocycles.